The number of hydrogen-bond acceptors (Lipinski definition) is 10. The number of carbonyl (C=O) groups is 4. The molecule has 2 aliphatic heterocycles. The number of aliphatic hydroxyl groups excluding tert-OH is 1. The Morgan fingerprint density at radius 1 is 1.20 bits per heavy atom. The normalized spacial score (nSPS) is 19.5. The van der Waals surface area contributed by atoms with Gasteiger partial charge in [-0.25, -0.2) is 14.6 Å². The fourth-order valence-corrected chi connectivity index (χ4v) is 5.49. The predicted molar refractivity (Wildman–Crippen MR) is 142 cm³/mol. The zero-order valence-electron chi connectivity index (χ0n) is 21.3. The number of amides is 4. The number of non-ortho nitro benzene ring substituents is 1. The van der Waals surface area contributed by atoms with Gasteiger partial charge in [-0.3, -0.25) is 24.6 Å². The van der Waals surface area contributed by atoms with Crippen molar-refractivity contribution in [1.82, 2.24) is 20.1 Å². The molecule has 14 nitrogen and oxygen atoms in total. The van der Waals surface area contributed by atoms with Crippen LogP contribution in [0.2, 0.25) is 0 Å². The van der Waals surface area contributed by atoms with Gasteiger partial charge in [0.2, 0.25) is 5.91 Å². The highest BCUT2D eigenvalue weighted by Crippen LogP contribution is 2.36. The second kappa shape index (κ2) is 12.6. The van der Waals surface area contributed by atoms with E-state index in [0.717, 1.165) is 22.2 Å². The van der Waals surface area contributed by atoms with Crippen LogP contribution in [0.5, 0.6) is 0 Å². The molecule has 15 heteroatoms. The van der Waals surface area contributed by atoms with Crippen LogP contribution in [0.15, 0.2) is 59.7 Å². The smallest absolute Gasteiger partial charge is 0.341 e. The lowest BCUT2D eigenvalue weighted by atomic mass is 10.1. The van der Waals surface area contributed by atoms with Crippen molar-refractivity contribution < 1.29 is 33.9 Å². The standard InChI is InChI=1S/C25H26N6O8S/c1-16(33)27-20-21(34)29(15-32)22(20)40-23(24(35)39-14-18-7-9-19(10-8-18)31(37)38)28-11-12-30(25(28)36)26-13-17-5-3-2-4-6-17/h2-10,13,20,22-23,32H,11-12,14-15H2,1H3,(H,27,33)/t20-,22-,23?/m1/s1. The van der Waals surface area contributed by atoms with Crippen molar-refractivity contribution in [3.05, 3.63) is 75.8 Å². The van der Waals surface area contributed by atoms with E-state index in [9.17, 15) is 34.4 Å². The average Bonchev–Trinajstić information content (AvgIpc) is 3.31. The first-order valence-electron chi connectivity index (χ1n) is 12.1. The van der Waals surface area contributed by atoms with E-state index < -0.39 is 52.3 Å². The molecule has 0 aliphatic carbocycles. The van der Waals surface area contributed by atoms with Gasteiger partial charge in [0.1, 0.15) is 24.8 Å². The number of hydrogen-bond donors (Lipinski definition) is 2. The maximum absolute atomic E-state index is 13.3. The number of benzene rings is 2. The van der Waals surface area contributed by atoms with Crippen molar-refractivity contribution in [3.8, 4) is 0 Å². The average molecular weight is 571 g/mol. The van der Waals surface area contributed by atoms with Gasteiger partial charge in [0.15, 0.2) is 5.37 Å². The molecule has 0 spiro atoms. The number of thioether (sulfide) groups is 1. The lowest BCUT2D eigenvalue weighted by molar-refractivity contribution is -0.384. The van der Waals surface area contributed by atoms with Gasteiger partial charge >= 0.3 is 12.0 Å². The van der Waals surface area contributed by atoms with E-state index in [1.54, 1.807) is 0 Å². The van der Waals surface area contributed by atoms with Crippen LogP contribution in [-0.2, 0) is 25.7 Å². The number of ether oxygens (including phenoxy) is 1. The quantitative estimate of drug-likeness (QED) is 0.132. The molecule has 2 aromatic carbocycles. The monoisotopic (exact) mass is 570 g/mol. The zero-order chi connectivity index (χ0) is 28.8. The van der Waals surface area contributed by atoms with Crippen LogP contribution in [0, 0.1) is 10.1 Å². The number of nitrogens with one attached hydrogen (secondary N) is 1. The third-order valence-electron chi connectivity index (χ3n) is 6.10. The minimum absolute atomic E-state index is 0.111. The highest BCUT2D eigenvalue weighted by atomic mass is 32.2. The number of hydrazone groups is 1. The number of β-lactam (4-membered cyclic amide) rings is 1. The molecule has 0 aromatic heterocycles. The number of rotatable bonds is 11. The summed E-state index contributed by atoms with van der Waals surface area (Å²) in [5.74, 6) is -1.82. The van der Waals surface area contributed by atoms with Crippen molar-refractivity contribution in [2.75, 3.05) is 19.8 Å². The number of carbonyl (C=O) groups excluding carboxylic acids is 4. The van der Waals surface area contributed by atoms with Gasteiger partial charge in [-0.2, -0.15) is 5.10 Å². The fourth-order valence-electron chi connectivity index (χ4n) is 4.05. The summed E-state index contributed by atoms with van der Waals surface area (Å²) in [5, 5.41) is 26.4. The van der Waals surface area contributed by atoms with E-state index in [1.807, 2.05) is 30.3 Å². The Labute approximate surface area is 232 Å². The zero-order valence-corrected chi connectivity index (χ0v) is 22.1. The summed E-state index contributed by atoms with van der Waals surface area (Å²) >= 11 is 0.878. The summed E-state index contributed by atoms with van der Waals surface area (Å²) in [6, 6.07) is 13.0. The number of esters is 1. The molecular formula is C25H26N6O8S. The first-order valence-corrected chi connectivity index (χ1v) is 13.0. The van der Waals surface area contributed by atoms with Crippen molar-refractivity contribution in [2.45, 2.75) is 30.3 Å². The second-order valence-corrected chi connectivity index (χ2v) is 9.99. The van der Waals surface area contributed by atoms with Crippen LogP contribution in [0.25, 0.3) is 0 Å². The van der Waals surface area contributed by atoms with Crippen molar-refractivity contribution in [1.29, 1.82) is 0 Å². The Morgan fingerprint density at radius 3 is 2.52 bits per heavy atom. The van der Waals surface area contributed by atoms with Gasteiger partial charge in [-0.1, -0.05) is 42.1 Å². The van der Waals surface area contributed by atoms with E-state index in [1.165, 1.54) is 47.3 Å². The van der Waals surface area contributed by atoms with Crippen LogP contribution in [0.4, 0.5) is 10.5 Å². The molecular weight excluding hydrogens is 544 g/mol. The lowest BCUT2D eigenvalue weighted by Gasteiger charge is -2.46. The molecule has 3 atom stereocenters. The lowest BCUT2D eigenvalue weighted by Crippen LogP contribution is -2.70. The maximum Gasteiger partial charge on any atom is 0.341 e. The fraction of sp³-hybridized carbons (Fsp3) is 0.320. The first kappa shape index (κ1) is 28.5. The van der Waals surface area contributed by atoms with Crippen LogP contribution in [-0.4, -0.2) is 91.5 Å². The molecule has 2 fully saturated rings. The molecule has 210 valence electrons. The molecule has 2 aromatic rings. The maximum atomic E-state index is 13.3. The number of nitro groups is 1. The number of nitrogens with zero attached hydrogens (tertiary/aromatic N) is 5. The van der Waals surface area contributed by atoms with Crippen molar-refractivity contribution in [2.24, 2.45) is 5.10 Å². The molecule has 4 rings (SSSR count). The summed E-state index contributed by atoms with van der Waals surface area (Å²) in [5.41, 5.74) is 1.13. The topological polar surface area (TPSA) is 175 Å². The largest absolute Gasteiger partial charge is 0.459 e. The molecule has 0 radical (unpaired) electrons. The number of aliphatic hydroxyl groups is 1. The van der Waals surface area contributed by atoms with Crippen molar-refractivity contribution in [3.63, 3.8) is 0 Å². The summed E-state index contributed by atoms with van der Waals surface area (Å²) in [6.07, 6.45) is 1.52. The Bertz CT molecular complexity index is 1310. The Kier molecular flexibility index (Phi) is 8.96. The molecule has 1 unspecified atom stereocenters. The Hall–Kier alpha value is -4.50. The minimum atomic E-state index is -1.26. The molecule has 0 bridgehead atoms. The predicted octanol–water partition coefficient (Wildman–Crippen LogP) is 1.09. The van der Waals surface area contributed by atoms with Gasteiger partial charge in [0, 0.05) is 25.6 Å². The van der Waals surface area contributed by atoms with E-state index >= 15 is 0 Å². The molecule has 2 aliphatic rings. The molecule has 2 N–H and O–H groups in total. The molecule has 2 heterocycles. The van der Waals surface area contributed by atoms with E-state index in [2.05, 4.69) is 10.4 Å². The summed E-state index contributed by atoms with van der Waals surface area (Å²) in [6.45, 7) is 0.642. The van der Waals surface area contributed by atoms with Gasteiger partial charge in [0.25, 0.3) is 11.6 Å². The third kappa shape index (κ3) is 6.38. The Balaban J connectivity index is 1.52. The molecule has 2 saturated heterocycles. The highest BCUT2D eigenvalue weighted by Gasteiger charge is 2.52. The number of likely N-dealkylation sites (tertiary alicyclic amines) is 1. The first-order chi connectivity index (χ1) is 19.2. The van der Waals surface area contributed by atoms with Crippen LogP contribution >= 0.6 is 11.8 Å². The van der Waals surface area contributed by atoms with E-state index in [4.69, 9.17) is 4.74 Å². The van der Waals surface area contributed by atoms with Gasteiger partial charge < -0.3 is 20.1 Å². The van der Waals surface area contributed by atoms with Crippen LogP contribution in [0.3, 0.4) is 0 Å². The summed E-state index contributed by atoms with van der Waals surface area (Å²) in [4.78, 5) is 63.3. The van der Waals surface area contributed by atoms with E-state index in [-0.39, 0.29) is 25.4 Å². The van der Waals surface area contributed by atoms with E-state index in [0.29, 0.717) is 5.56 Å². The third-order valence-corrected chi connectivity index (χ3v) is 7.61. The number of urea groups is 1. The van der Waals surface area contributed by atoms with Crippen LogP contribution in [0.1, 0.15) is 18.1 Å². The summed E-state index contributed by atoms with van der Waals surface area (Å²) < 4.78 is 5.46. The van der Waals surface area contributed by atoms with Crippen LogP contribution < -0.4 is 5.32 Å². The molecule has 0 saturated carbocycles. The Morgan fingerprint density at radius 2 is 1.90 bits per heavy atom. The molecule has 4 amide bonds. The highest BCUT2D eigenvalue weighted by molar-refractivity contribution is 8.01. The number of nitro benzene ring substituents is 1. The minimum Gasteiger partial charge on any atom is -0.459 e. The second-order valence-electron chi connectivity index (χ2n) is 8.79. The summed E-state index contributed by atoms with van der Waals surface area (Å²) in [7, 11) is 0. The van der Waals surface area contributed by atoms with Crippen molar-refractivity contribution >= 4 is 47.5 Å². The SMILES string of the molecule is CC(=O)N[C@@H]1C(=O)N(CO)[C@@H]1SC(C(=O)OCc1ccc([N+](=O)[O-])cc1)N1CCN(N=Cc2ccccc2)C1=O. The van der Waals surface area contributed by atoms with Gasteiger partial charge in [0.05, 0.1) is 17.7 Å². The van der Waals surface area contributed by atoms with Gasteiger partial charge in [-0.15, -0.1) is 0 Å². The van der Waals surface area contributed by atoms with Gasteiger partial charge in [-0.05, 0) is 23.3 Å². The molecule has 40 heavy (non-hydrogen) atoms.